The van der Waals surface area contributed by atoms with Crippen LogP contribution in [0.25, 0.3) is 0 Å². The van der Waals surface area contributed by atoms with Gasteiger partial charge in [-0.05, 0) is 7.05 Å². The fourth-order valence-corrected chi connectivity index (χ4v) is 2.25. The van der Waals surface area contributed by atoms with E-state index in [1.54, 1.807) is 12.3 Å². The number of nitrogens with zero attached hydrogens (tertiary/aromatic N) is 4. The van der Waals surface area contributed by atoms with Crippen LogP contribution in [0.15, 0.2) is 17.1 Å². The second-order valence-electron chi connectivity index (χ2n) is 4.25. The summed E-state index contributed by atoms with van der Waals surface area (Å²) in [4.78, 5) is 16.3. The molecule has 0 saturated carbocycles. The standard InChI is InChI=1S/C11H17BrN4O/c1-14-4-6-15(7-5-14)10-8-11(17)16(3-2-12)13-9-10/h8-9H,2-7H2,1H3. The molecule has 0 spiro atoms. The molecule has 0 bridgehead atoms. The lowest BCUT2D eigenvalue weighted by atomic mass is 10.3. The van der Waals surface area contributed by atoms with Crippen LogP contribution in [-0.4, -0.2) is 53.2 Å². The second kappa shape index (κ2) is 5.64. The number of hydrogen-bond donors (Lipinski definition) is 0. The van der Waals surface area contributed by atoms with E-state index in [0.29, 0.717) is 6.54 Å². The van der Waals surface area contributed by atoms with Crippen molar-refractivity contribution < 1.29 is 0 Å². The molecule has 0 atom stereocenters. The van der Waals surface area contributed by atoms with E-state index in [2.05, 4.69) is 37.9 Å². The molecule has 2 rings (SSSR count). The predicted octanol–water partition coefficient (Wildman–Crippen LogP) is 0.390. The van der Waals surface area contributed by atoms with E-state index in [9.17, 15) is 4.79 Å². The molecule has 1 aromatic heterocycles. The van der Waals surface area contributed by atoms with Gasteiger partial charge in [0.2, 0.25) is 0 Å². The van der Waals surface area contributed by atoms with Gasteiger partial charge in [-0.3, -0.25) is 4.79 Å². The van der Waals surface area contributed by atoms with Crippen molar-refractivity contribution in [3.63, 3.8) is 0 Å². The van der Waals surface area contributed by atoms with E-state index in [1.807, 2.05) is 0 Å². The van der Waals surface area contributed by atoms with Crippen molar-refractivity contribution in [3.8, 4) is 0 Å². The third-order valence-electron chi connectivity index (χ3n) is 3.02. The molecule has 0 aromatic carbocycles. The van der Waals surface area contributed by atoms with Crippen molar-refractivity contribution in [1.29, 1.82) is 0 Å². The first-order valence-corrected chi connectivity index (χ1v) is 6.89. The summed E-state index contributed by atoms with van der Waals surface area (Å²) in [7, 11) is 2.11. The van der Waals surface area contributed by atoms with E-state index in [1.165, 1.54) is 4.68 Å². The quantitative estimate of drug-likeness (QED) is 0.758. The normalized spacial score (nSPS) is 17.4. The van der Waals surface area contributed by atoms with Gasteiger partial charge in [0, 0.05) is 37.6 Å². The lowest BCUT2D eigenvalue weighted by Gasteiger charge is -2.33. The summed E-state index contributed by atoms with van der Waals surface area (Å²) in [6.45, 7) is 4.59. The molecule has 0 amide bonds. The zero-order chi connectivity index (χ0) is 12.3. The van der Waals surface area contributed by atoms with Gasteiger partial charge in [-0.25, -0.2) is 4.68 Å². The number of aromatic nitrogens is 2. The minimum atomic E-state index is -0.0270. The zero-order valence-corrected chi connectivity index (χ0v) is 11.6. The minimum absolute atomic E-state index is 0.0270. The van der Waals surface area contributed by atoms with Gasteiger partial charge in [-0.15, -0.1) is 0 Å². The van der Waals surface area contributed by atoms with E-state index in [0.717, 1.165) is 37.2 Å². The summed E-state index contributed by atoms with van der Waals surface area (Å²) >= 11 is 3.31. The van der Waals surface area contributed by atoms with E-state index in [-0.39, 0.29) is 5.56 Å². The van der Waals surface area contributed by atoms with Gasteiger partial charge in [0.05, 0.1) is 18.4 Å². The first kappa shape index (κ1) is 12.6. The average molecular weight is 301 g/mol. The van der Waals surface area contributed by atoms with Crippen molar-refractivity contribution >= 4 is 21.6 Å². The Kier molecular flexibility index (Phi) is 4.17. The van der Waals surface area contributed by atoms with Crippen LogP contribution >= 0.6 is 15.9 Å². The van der Waals surface area contributed by atoms with Crippen molar-refractivity contribution in [3.05, 3.63) is 22.6 Å². The Hall–Kier alpha value is -0.880. The summed E-state index contributed by atoms with van der Waals surface area (Å²) in [6, 6.07) is 1.68. The molecule has 1 fully saturated rings. The van der Waals surface area contributed by atoms with E-state index < -0.39 is 0 Å². The second-order valence-corrected chi connectivity index (χ2v) is 5.05. The van der Waals surface area contributed by atoms with Gasteiger partial charge in [0.15, 0.2) is 0 Å². The molecule has 17 heavy (non-hydrogen) atoms. The van der Waals surface area contributed by atoms with Crippen LogP contribution in [0.1, 0.15) is 0 Å². The highest BCUT2D eigenvalue weighted by Gasteiger charge is 2.15. The summed E-state index contributed by atoms with van der Waals surface area (Å²) in [5.41, 5.74) is 0.912. The van der Waals surface area contributed by atoms with Gasteiger partial charge < -0.3 is 9.80 Å². The number of likely N-dealkylation sites (N-methyl/N-ethyl adjacent to an activating group) is 1. The first-order valence-electron chi connectivity index (χ1n) is 5.77. The van der Waals surface area contributed by atoms with E-state index in [4.69, 9.17) is 0 Å². The number of aryl methyl sites for hydroxylation is 1. The average Bonchev–Trinajstić information content (AvgIpc) is 2.33. The Morgan fingerprint density at radius 1 is 1.35 bits per heavy atom. The molecular weight excluding hydrogens is 284 g/mol. The molecule has 0 N–H and O–H groups in total. The number of piperazine rings is 1. The monoisotopic (exact) mass is 300 g/mol. The van der Waals surface area contributed by atoms with Crippen molar-refractivity contribution in [2.24, 2.45) is 0 Å². The largest absolute Gasteiger partial charge is 0.368 e. The highest BCUT2D eigenvalue weighted by Crippen LogP contribution is 2.11. The molecule has 1 aromatic rings. The molecule has 0 unspecified atom stereocenters. The molecule has 6 heteroatoms. The van der Waals surface area contributed by atoms with Crippen molar-refractivity contribution in [2.45, 2.75) is 6.54 Å². The van der Waals surface area contributed by atoms with Crippen LogP contribution in [0.4, 0.5) is 5.69 Å². The minimum Gasteiger partial charge on any atom is -0.368 e. The van der Waals surface area contributed by atoms with Crippen LogP contribution in [0.5, 0.6) is 0 Å². The number of anilines is 1. The molecule has 1 aliphatic rings. The molecule has 1 saturated heterocycles. The Morgan fingerprint density at radius 2 is 2.06 bits per heavy atom. The zero-order valence-electron chi connectivity index (χ0n) is 9.97. The number of halogens is 1. The van der Waals surface area contributed by atoms with Crippen LogP contribution < -0.4 is 10.5 Å². The maximum absolute atomic E-state index is 11.8. The lowest BCUT2D eigenvalue weighted by Crippen LogP contribution is -2.45. The van der Waals surface area contributed by atoms with Crippen LogP contribution in [-0.2, 0) is 6.54 Å². The van der Waals surface area contributed by atoms with Gasteiger partial charge in [-0.1, -0.05) is 15.9 Å². The summed E-state index contributed by atoms with van der Waals surface area (Å²) in [6.07, 6.45) is 1.79. The maximum atomic E-state index is 11.8. The Bertz CT molecular complexity index is 426. The molecular formula is C11H17BrN4O. The van der Waals surface area contributed by atoms with Gasteiger partial charge in [-0.2, -0.15) is 5.10 Å². The summed E-state index contributed by atoms with van der Waals surface area (Å²) in [5.74, 6) is 0. The van der Waals surface area contributed by atoms with E-state index >= 15 is 0 Å². The van der Waals surface area contributed by atoms with Crippen molar-refractivity contribution in [1.82, 2.24) is 14.7 Å². The topological polar surface area (TPSA) is 41.4 Å². The lowest BCUT2D eigenvalue weighted by molar-refractivity contribution is 0.312. The Morgan fingerprint density at radius 3 is 2.65 bits per heavy atom. The van der Waals surface area contributed by atoms with Crippen LogP contribution in [0.2, 0.25) is 0 Å². The molecule has 5 nitrogen and oxygen atoms in total. The smallest absolute Gasteiger partial charge is 0.268 e. The maximum Gasteiger partial charge on any atom is 0.268 e. The fourth-order valence-electron chi connectivity index (χ4n) is 1.91. The summed E-state index contributed by atoms with van der Waals surface area (Å²) in [5, 5.41) is 4.92. The Balaban J connectivity index is 2.12. The molecule has 2 heterocycles. The molecule has 0 radical (unpaired) electrons. The molecule has 1 aliphatic heterocycles. The SMILES string of the molecule is CN1CCN(c2cnn(CCBr)c(=O)c2)CC1. The highest BCUT2D eigenvalue weighted by molar-refractivity contribution is 9.09. The van der Waals surface area contributed by atoms with Crippen LogP contribution in [0.3, 0.4) is 0 Å². The molecule has 0 aliphatic carbocycles. The van der Waals surface area contributed by atoms with Crippen LogP contribution in [0, 0.1) is 0 Å². The van der Waals surface area contributed by atoms with Crippen molar-refractivity contribution in [2.75, 3.05) is 43.5 Å². The fraction of sp³-hybridized carbons (Fsp3) is 0.636. The van der Waals surface area contributed by atoms with Gasteiger partial charge in [0.1, 0.15) is 0 Å². The number of rotatable bonds is 3. The summed E-state index contributed by atoms with van der Waals surface area (Å²) < 4.78 is 1.48. The highest BCUT2D eigenvalue weighted by atomic mass is 79.9. The third kappa shape index (κ3) is 3.07. The molecule has 94 valence electrons. The van der Waals surface area contributed by atoms with Gasteiger partial charge >= 0.3 is 0 Å². The first-order chi connectivity index (χ1) is 8.20. The Labute approximate surface area is 109 Å². The predicted molar refractivity (Wildman–Crippen MR) is 72.0 cm³/mol. The number of hydrogen-bond acceptors (Lipinski definition) is 4. The third-order valence-corrected chi connectivity index (χ3v) is 3.37. The number of alkyl halides is 1. The van der Waals surface area contributed by atoms with Gasteiger partial charge in [0.25, 0.3) is 5.56 Å².